The van der Waals surface area contributed by atoms with Crippen LogP contribution < -0.4 is 15.4 Å². The van der Waals surface area contributed by atoms with E-state index in [1.165, 1.54) is 48.5 Å². The van der Waals surface area contributed by atoms with Crippen LogP contribution in [0.5, 0.6) is 5.75 Å². The Kier molecular flexibility index (Phi) is 6.79. The van der Waals surface area contributed by atoms with Crippen LogP contribution in [0.1, 0.15) is 32.2 Å². The van der Waals surface area contributed by atoms with Gasteiger partial charge in [-0.25, -0.2) is 8.78 Å². The summed E-state index contributed by atoms with van der Waals surface area (Å²) in [6, 6.07) is 12.9. The lowest BCUT2D eigenvalue weighted by Gasteiger charge is -2.07. The summed E-state index contributed by atoms with van der Waals surface area (Å²) in [7, 11) is 0. The van der Waals surface area contributed by atoms with Gasteiger partial charge in [0.2, 0.25) is 0 Å². The summed E-state index contributed by atoms with van der Waals surface area (Å²) in [5.41, 5.74) is 0.668. The van der Waals surface area contributed by atoms with E-state index >= 15 is 0 Å². The van der Waals surface area contributed by atoms with Crippen LogP contribution >= 0.6 is 0 Å². The Morgan fingerprint density at radius 1 is 0.933 bits per heavy atom. The second-order valence-corrected chi connectivity index (χ2v) is 6.48. The zero-order valence-electron chi connectivity index (χ0n) is 16.2. The molecule has 0 spiro atoms. The van der Waals surface area contributed by atoms with Crippen LogP contribution in [0.15, 0.2) is 59.0 Å². The minimum atomic E-state index is -0.451. The van der Waals surface area contributed by atoms with Crippen LogP contribution in [-0.2, 0) is 6.61 Å². The number of ether oxygens (including phenoxy) is 1. The third-order valence-corrected chi connectivity index (χ3v) is 4.21. The third kappa shape index (κ3) is 5.66. The summed E-state index contributed by atoms with van der Waals surface area (Å²) in [4.78, 5) is 24.1. The van der Waals surface area contributed by atoms with Crippen molar-refractivity contribution in [1.82, 2.24) is 10.6 Å². The van der Waals surface area contributed by atoms with Crippen molar-refractivity contribution >= 4 is 11.8 Å². The Balaban J connectivity index is 1.41. The smallest absolute Gasteiger partial charge is 0.287 e. The third-order valence-electron chi connectivity index (χ3n) is 4.21. The molecule has 0 saturated heterocycles. The maximum absolute atomic E-state index is 13.5. The second-order valence-electron chi connectivity index (χ2n) is 6.48. The van der Waals surface area contributed by atoms with Gasteiger partial charge in [0.15, 0.2) is 5.76 Å². The number of nitrogens with one attached hydrogen (secondary N) is 2. The quantitative estimate of drug-likeness (QED) is 0.552. The van der Waals surface area contributed by atoms with Crippen LogP contribution in [0.2, 0.25) is 0 Å². The molecule has 0 aliphatic carbocycles. The van der Waals surface area contributed by atoms with Gasteiger partial charge in [0.1, 0.15) is 29.8 Å². The number of hydrogen-bond donors (Lipinski definition) is 2. The van der Waals surface area contributed by atoms with E-state index in [0.717, 1.165) is 0 Å². The zero-order chi connectivity index (χ0) is 21.5. The largest absolute Gasteiger partial charge is 0.486 e. The maximum Gasteiger partial charge on any atom is 0.287 e. The topological polar surface area (TPSA) is 80.6 Å². The molecule has 0 radical (unpaired) electrons. The molecule has 8 heteroatoms. The van der Waals surface area contributed by atoms with Crippen molar-refractivity contribution in [3.63, 3.8) is 0 Å². The summed E-state index contributed by atoms with van der Waals surface area (Å²) < 4.78 is 37.3. The summed E-state index contributed by atoms with van der Waals surface area (Å²) in [6.45, 7) is 2.03. The van der Waals surface area contributed by atoms with E-state index in [1.807, 2.05) is 0 Å². The molecule has 0 fully saturated rings. The van der Waals surface area contributed by atoms with Gasteiger partial charge in [-0.1, -0.05) is 6.07 Å². The first-order chi connectivity index (χ1) is 14.4. The first-order valence-electron chi connectivity index (χ1n) is 9.22. The maximum atomic E-state index is 13.5. The van der Waals surface area contributed by atoms with E-state index in [2.05, 4.69) is 10.6 Å². The predicted molar refractivity (Wildman–Crippen MR) is 105 cm³/mol. The molecule has 0 unspecified atom stereocenters. The number of carbonyl (C=O) groups excluding carboxylic acids is 2. The predicted octanol–water partition coefficient (Wildman–Crippen LogP) is 3.61. The standard InChI is InChI=1S/C22H20F2N2O4/c1-14-2-3-15(12-19(14)24)21(27)25-10-11-26-22(28)20-9-8-18(30-20)13-29-17-6-4-16(23)5-7-17/h2-9,12H,10-11,13H2,1H3,(H,25,27)(H,26,28). The number of furan rings is 1. The summed E-state index contributed by atoms with van der Waals surface area (Å²) >= 11 is 0. The molecule has 1 heterocycles. The molecular formula is C22H20F2N2O4. The molecule has 2 N–H and O–H groups in total. The highest BCUT2D eigenvalue weighted by atomic mass is 19.1. The zero-order valence-corrected chi connectivity index (χ0v) is 16.2. The molecule has 1 aromatic heterocycles. The SMILES string of the molecule is Cc1ccc(C(=O)NCCNC(=O)c2ccc(COc3ccc(F)cc3)o2)cc1F. The van der Waals surface area contributed by atoms with Gasteiger partial charge in [-0.15, -0.1) is 0 Å². The summed E-state index contributed by atoms with van der Waals surface area (Å²) in [5.74, 6) is -0.684. The molecule has 3 aromatic rings. The number of carbonyl (C=O) groups is 2. The highest BCUT2D eigenvalue weighted by Crippen LogP contribution is 2.15. The molecule has 3 rings (SSSR count). The molecule has 6 nitrogen and oxygen atoms in total. The van der Waals surface area contributed by atoms with Gasteiger partial charge in [0, 0.05) is 18.7 Å². The van der Waals surface area contributed by atoms with Crippen molar-refractivity contribution in [1.29, 1.82) is 0 Å². The van der Waals surface area contributed by atoms with Crippen molar-refractivity contribution < 1.29 is 27.5 Å². The molecule has 0 saturated carbocycles. The number of amides is 2. The number of benzene rings is 2. The van der Waals surface area contributed by atoms with Gasteiger partial charge in [-0.05, 0) is 61.0 Å². The van der Waals surface area contributed by atoms with E-state index in [-0.39, 0.29) is 36.8 Å². The second kappa shape index (κ2) is 9.69. The number of aryl methyl sites for hydroxylation is 1. The van der Waals surface area contributed by atoms with Crippen molar-refractivity contribution in [2.45, 2.75) is 13.5 Å². The van der Waals surface area contributed by atoms with Crippen molar-refractivity contribution in [3.05, 3.63) is 88.9 Å². The van der Waals surface area contributed by atoms with E-state index in [1.54, 1.807) is 13.0 Å². The van der Waals surface area contributed by atoms with E-state index in [4.69, 9.17) is 9.15 Å². The summed E-state index contributed by atoms with van der Waals surface area (Å²) in [5, 5.41) is 5.22. The molecular weight excluding hydrogens is 394 g/mol. The molecule has 2 amide bonds. The Bertz CT molecular complexity index is 1030. The minimum absolute atomic E-state index is 0.0854. The van der Waals surface area contributed by atoms with Gasteiger partial charge < -0.3 is 19.8 Å². The van der Waals surface area contributed by atoms with Crippen LogP contribution in [0.4, 0.5) is 8.78 Å². The fraction of sp³-hybridized carbons (Fsp3) is 0.182. The fourth-order valence-electron chi connectivity index (χ4n) is 2.54. The normalized spacial score (nSPS) is 10.5. The Hall–Kier alpha value is -3.68. The highest BCUT2D eigenvalue weighted by Gasteiger charge is 2.12. The number of rotatable bonds is 8. The van der Waals surface area contributed by atoms with Crippen molar-refractivity contribution in [2.24, 2.45) is 0 Å². The molecule has 0 bridgehead atoms. The molecule has 2 aromatic carbocycles. The van der Waals surface area contributed by atoms with E-state index in [9.17, 15) is 18.4 Å². The van der Waals surface area contributed by atoms with Gasteiger partial charge in [-0.3, -0.25) is 9.59 Å². The fourth-order valence-corrected chi connectivity index (χ4v) is 2.54. The summed E-state index contributed by atoms with van der Waals surface area (Å²) in [6.07, 6.45) is 0. The van der Waals surface area contributed by atoms with Gasteiger partial charge in [0.25, 0.3) is 11.8 Å². The Labute approximate surface area is 171 Å². The van der Waals surface area contributed by atoms with Crippen LogP contribution in [0.3, 0.4) is 0 Å². The molecule has 0 aliphatic rings. The van der Waals surface area contributed by atoms with E-state index < -0.39 is 17.6 Å². The lowest BCUT2D eigenvalue weighted by Crippen LogP contribution is -2.34. The van der Waals surface area contributed by atoms with Crippen molar-refractivity contribution in [3.8, 4) is 5.75 Å². The monoisotopic (exact) mass is 414 g/mol. The lowest BCUT2D eigenvalue weighted by atomic mass is 10.1. The highest BCUT2D eigenvalue weighted by molar-refractivity contribution is 5.94. The Morgan fingerprint density at radius 2 is 1.63 bits per heavy atom. The van der Waals surface area contributed by atoms with Crippen LogP contribution in [0.25, 0.3) is 0 Å². The van der Waals surface area contributed by atoms with Crippen LogP contribution in [0, 0.1) is 18.6 Å². The minimum Gasteiger partial charge on any atom is -0.486 e. The number of halogens is 2. The lowest BCUT2D eigenvalue weighted by molar-refractivity contribution is 0.0907. The number of hydrogen-bond acceptors (Lipinski definition) is 4. The molecule has 156 valence electrons. The average molecular weight is 414 g/mol. The van der Waals surface area contributed by atoms with Gasteiger partial charge >= 0.3 is 0 Å². The average Bonchev–Trinajstić information content (AvgIpc) is 3.21. The van der Waals surface area contributed by atoms with E-state index in [0.29, 0.717) is 17.1 Å². The van der Waals surface area contributed by atoms with Gasteiger partial charge in [-0.2, -0.15) is 0 Å². The first kappa shape index (κ1) is 21.0. The van der Waals surface area contributed by atoms with Crippen LogP contribution in [-0.4, -0.2) is 24.9 Å². The molecule has 0 atom stereocenters. The van der Waals surface area contributed by atoms with Crippen molar-refractivity contribution in [2.75, 3.05) is 13.1 Å². The van der Waals surface area contributed by atoms with Gasteiger partial charge in [0.05, 0.1) is 0 Å². The Morgan fingerprint density at radius 3 is 2.33 bits per heavy atom. The molecule has 0 aliphatic heterocycles. The first-order valence-corrected chi connectivity index (χ1v) is 9.22. The molecule has 30 heavy (non-hydrogen) atoms.